The van der Waals surface area contributed by atoms with Crippen molar-refractivity contribution in [2.75, 3.05) is 21.3 Å². The van der Waals surface area contributed by atoms with E-state index < -0.39 is 30.6 Å². The minimum Gasteiger partial charge on any atom is -0.496 e. The van der Waals surface area contributed by atoms with Gasteiger partial charge < -0.3 is 19.0 Å². The van der Waals surface area contributed by atoms with Gasteiger partial charge in [-0.3, -0.25) is 0 Å². The zero-order valence-corrected chi connectivity index (χ0v) is 23.4. The van der Waals surface area contributed by atoms with Gasteiger partial charge in [-0.1, -0.05) is 58.9 Å². The molecule has 1 atom stereocenters. The molecule has 4 nitrogen and oxygen atoms in total. The first-order valence-corrected chi connectivity index (χ1v) is 24.2. The monoisotopic (exact) mass is 444 g/mol. The van der Waals surface area contributed by atoms with E-state index in [2.05, 4.69) is 58.9 Å². The highest BCUT2D eigenvalue weighted by atomic mass is 29.7. The van der Waals surface area contributed by atoms with Gasteiger partial charge in [0.2, 0.25) is 0 Å². The average molecular weight is 445 g/mol. The van der Waals surface area contributed by atoms with Gasteiger partial charge in [-0.25, -0.2) is 0 Å². The van der Waals surface area contributed by atoms with E-state index in [9.17, 15) is 4.80 Å². The summed E-state index contributed by atoms with van der Waals surface area (Å²) in [5, 5.41) is 0.152. The van der Waals surface area contributed by atoms with Crippen LogP contribution in [0.2, 0.25) is 58.9 Å². The molecule has 1 rings (SSSR count). The van der Waals surface area contributed by atoms with Crippen molar-refractivity contribution in [3.8, 4) is 17.2 Å². The highest BCUT2D eigenvalue weighted by molar-refractivity contribution is 7.67. The molecule has 1 unspecified atom stereocenters. The van der Waals surface area contributed by atoms with Gasteiger partial charge in [0.05, 0.1) is 44.6 Å². The van der Waals surface area contributed by atoms with Gasteiger partial charge in [-0.15, -0.1) is 0 Å². The Hall–Kier alpha value is -0.552. The van der Waals surface area contributed by atoms with Gasteiger partial charge >= 0.3 is 0 Å². The summed E-state index contributed by atoms with van der Waals surface area (Å²) < 4.78 is 17.1. The predicted molar refractivity (Wildman–Crippen MR) is 127 cm³/mol. The van der Waals surface area contributed by atoms with Crippen molar-refractivity contribution >= 4 is 30.6 Å². The molecule has 8 heteroatoms. The van der Waals surface area contributed by atoms with E-state index in [0.29, 0.717) is 5.75 Å². The normalized spacial score (nSPS) is 14.7. The maximum atomic E-state index is 12.7. The minimum absolute atomic E-state index is 0.152. The number of ether oxygens (including phenoxy) is 3. The van der Waals surface area contributed by atoms with E-state index in [0.717, 1.165) is 17.1 Å². The van der Waals surface area contributed by atoms with Crippen molar-refractivity contribution < 1.29 is 19.0 Å². The molecule has 27 heavy (non-hydrogen) atoms. The molecule has 0 aliphatic carbocycles. The second kappa shape index (κ2) is 8.06. The molecule has 0 radical (unpaired) electrons. The molecular formula is C19H40O4Si4. The molecule has 0 amide bonds. The largest absolute Gasteiger partial charge is 0.496 e. The Labute approximate surface area is 170 Å². The number of hydrogen-bond acceptors (Lipinski definition) is 4. The van der Waals surface area contributed by atoms with Crippen LogP contribution in [0, 0.1) is 0 Å². The lowest BCUT2D eigenvalue weighted by Gasteiger charge is -2.54. The van der Waals surface area contributed by atoms with Gasteiger partial charge in [-0.2, -0.15) is 0 Å². The standard InChI is InChI=1S/C19H40O4Si4/c1-21-15-13-16(22-2)18(17(14-15)23-3)19(24(4,5)6)27(20,25(7,8)9)26(10,11)12/h13-14,19-20H,1-12H3. The second-order valence-corrected chi connectivity index (χ2v) is 42.6. The molecule has 1 aromatic carbocycles. The lowest BCUT2D eigenvalue weighted by molar-refractivity contribution is 0.369. The highest BCUT2D eigenvalue weighted by Gasteiger charge is 2.63. The van der Waals surface area contributed by atoms with Crippen LogP contribution in [0.5, 0.6) is 17.2 Å². The van der Waals surface area contributed by atoms with E-state index in [1.807, 2.05) is 12.1 Å². The van der Waals surface area contributed by atoms with Gasteiger partial charge in [0.25, 0.3) is 0 Å². The van der Waals surface area contributed by atoms with Gasteiger partial charge in [0.1, 0.15) is 17.2 Å². The molecule has 0 saturated carbocycles. The Morgan fingerprint density at radius 3 is 1.30 bits per heavy atom. The number of benzene rings is 1. The summed E-state index contributed by atoms with van der Waals surface area (Å²) in [6.45, 7) is 21.2. The van der Waals surface area contributed by atoms with Gasteiger partial charge in [0, 0.05) is 22.9 Å². The maximum absolute atomic E-state index is 12.7. The summed E-state index contributed by atoms with van der Waals surface area (Å²) in [6, 6.07) is 3.88. The third kappa shape index (κ3) is 4.55. The van der Waals surface area contributed by atoms with Crippen LogP contribution in [0.25, 0.3) is 0 Å². The topological polar surface area (TPSA) is 47.9 Å². The summed E-state index contributed by atoms with van der Waals surface area (Å²) in [4.78, 5) is 12.7. The molecule has 0 saturated heterocycles. The Morgan fingerprint density at radius 2 is 1.07 bits per heavy atom. The number of hydrogen-bond donors (Lipinski definition) is 1. The smallest absolute Gasteiger partial charge is 0.168 e. The van der Waals surface area contributed by atoms with Gasteiger partial charge in [-0.05, 0) is 0 Å². The SMILES string of the molecule is COc1cc(OC)c(C([Si](C)(C)C)[Si](O)([Si](C)(C)C)[Si](C)(C)C)c(OC)c1. The summed E-state index contributed by atoms with van der Waals surface area (Å²) >= 11 is 0. The molecule has 0 aromatic heterocycles. The molecule has 1 N–H and O–H groups in total. The van der Waals surface area contributed by atoms with E-state index in [-0.39, 0.29) is 5.16 Å². The molecule has 1 aromatic rings. The van der Waals surface area contributed by atoms with E-state index in [1.165, 1.54) is 0 Å². The van der Waals surface area contributed by atoms with Crippen molar-refractivity contribution in [2.45, 2.75) is 64.1 Å². The molecule has 156 valence electrons. The van der Waals surface area contributed by atoms with Crippen molar-refractivity contribution in [3.05, 3.63) is 17.7 Å². The first kappa shape index (κ1) is 24.5. The van der Waals surface area contributed by atoms with E-state index in [1.54, 1.807) is 21.3 Å². The summed E-state index contributed by atoms with van der Waals surface area (Å²) in [5.41, 5.74) is 1.07. The summed E-state index contributed by atoms with van der Waals surface area (Å²) in [5.74, 6) is 2.27. The Balaban J connectivity index is 4.03. The predicted octanol–water partition coefficient (Wildman–Crippen LogP) is 4.98. The van der Waals surface area contributed by atoms with Gasteiger partial charge in [0.15, 0.2) is 7.35 Å². The zero-order chi connectivity index (χ0) is 21.4. The molecule has 0 spiro atoms. The van der Waals surface area contributed by atoms with Crippen molar-refractivity contribution in [2.24, 2.45) is 0 Å². The molecular weight excluding hydrogens is 405 g/mol. The third-order valence-electron chi connectivity index (χ3n) is 5.61. The fraction of sp³-hybridized carbons (Fsp3) is 0.684. The Morgan fingerprint density at radius 1 is 0.704 bits per heavy atom. The van der Waals surface area contributed by atoms with Crippen LogP contribution in [0.4, 0.5) is 0 Å². The zero-order valence-electron chi connectivity index (χ0n) is 19.4. The van der Waals surface area contributed by atoms with Crippen LogP contribution < -0.4 is 14.2 Å². The second-order valence-electron chi connectivity index (χ2n) is 10.5. The van der Waals surface area contributed by atoms with Crippen molar-refractivity contribution in [3.63, 3.8) is 0 Å². The average Bonchev–Trinajstić information content (AvgIpc) is 2.51. The molecule has 0 bridgehead atoms. The van der Waals surface area contributed by atoms with E-state index >= 15 is 0 Å². The molecule has 0 heterocycles. The van der Waals surface area contributed by atoms with Crippen LogP contribution in [-0.2, 0) is 0 Å². The first-order chi connectivity index (χ1) is 12.1. The Kier molecular flexibility index (Phi) is 7.31. The summed E-state index contributed by atoms with van der Waals surface area (Å²) in [7, 11) is -3.11. The van der Waals surface area contributed by atoms with Crippen molar-refractivity contribution in [1.29, 1.82) is 0 Å². The fourth-order valence-electron chi connectivity index (χ4n) is 4.58. The van der Waals surface area contributed by atoms with Crippen LogP contribution in [0.3, 0.4) is 0 Å². The van der Waals surface area contributed by atoms with Crippen LogP contribution in [-0.4, -0.2) is 56.7 Å². The summed E-state index contributed by atoms with van der Waals surface area (Å²) in [6.07, 6.45) is 0. The molecule has 0 aliphatic heterocycles. The van der Waals surface area contributed by atoms with Crippen LogP contribution >= 0.6 is 0 Å². The maximum Gasteiger partial charge on any atom is 0.168 e. The quantitative estimate of drug-likeness (QED) is 0.574. The number of rotatable bonds is 8. The fourth-order valence-corrected chi connectivity index (χ4v) is 64.1. The lowest BCUT2D eigenvalue weighted by atomic mass is 10.2. The Bertz CT molecular complexity index is 618. The third-order valence-corrected chi connectivity index (χ3v) is 47.9. The highest BCUT2D eigenvalue weighted by Crippen LogP contribution is 2.50. The first-order valence-electron chi connectivity index (χ1n) is 9.58. The van der Waals surface area contributed by atoms with Crippen LogP contribution in [0.15, 0.2) is 12.1 Å². The van der Waals surface area contributed by atoms with E-state index in [4.69, 9.17) is 14.2 Å². The molecule has 0 aliphatic rings. The minimum atomic E-state index is -2.64. The van der Waals surface area contributed by atoms with Crippen LogP contribution in [0.1, 0.15) is 10.7 Å². The van der Waals surface area contributed by atoms with Crippen molar-refractivity contribution in [1.82, 2.24) is 0 Å². The number of methoxy groups -OCH3 is 3. The lowest BCUT2D eigenvalue weighted by Crippen LogP contribution is -2.78. The molecule has 0 fully saturated rings.